The number of nitrogens with zero attached hydrogens (tertiary/aromatic N) is 5. The van der Waals surface area contributed by atoms with E-state index in [0.717, 1.165) is 33.5 Å². The predicted octanol–water partition coefficient (Wildman–Crippen LogP) is 3.19. The molecule has 4 aromatic rings. The Hall–Kier alpha value is -3.28. The molecule has 6 heteroatoms. The lowest BCUT2D eigenvalue weighted by atomic mass is 10.0. The maximum atomic E-state index is 5.20. The third-order valence-corrected chi connectivity index (χ3v) is 4.07. The average molecular weight is 317 g/mol. The van der Waals surface area contributed by atoms with E-state index < -0.39 is 0 Å². The molecule has 118 valence electrons. The molecule has 24 heavy (non-hydrogen) atoms. The van der Waals surface area contributed by atoms with Crippen molar-refractivity contribution in [2.75, 3.05) is 7.11 Å². The maximum absolute atomic E-state index is 5.20. The van der Waals surface area contributed by atoms with Gasteiger partial charge in [-0.1, -0.05) is 18.2 Å². The molecule has 0 atom stereocenters. The van der Waals surface area contributed by atoms with Gasteiger partial charge in [0.25, 0.3) is 0 Å². The van der Waals surface area contributed by atoms with Crippen LogP contribution in [0.25, 0.3) is 28.0 Å². The van der Waals surface area contributed by atoms with Gasteiger partial charge in [-0.05, 0) is 53.2 Å². The van der Waals surface area contributed by atoms with E-state index in [1.807, 2.05) is 48.7 Å². The number of aryl methyl sites for hydroxylation is 1. The minimum Gasteiger partial charge on any atom is -0.497 e. The Morgan fingerprint density at radius 3 is 2.58 bits per heavy atom. The third kappa shape index (κ3) is 2.28. The molecule has 0 saturated carbocycles. The number of pyridine rings is 1. The van der Waals surface area contributed by atoms with Gasteiger partial charge in [0.15, 0.2) is 5.82 Å². The van der Waals surface area contributed by atoms with Crippen molar-refractivity contribution >= 4 is 10.9 Å². The molecule has 0 unspecified atom stereocenters. The Morgan fingerprint density at radius 1 is 1.00 bits per heavy atom. The van der Waals surface area contributed by atoms with Gasteiger partial charge in [0.05, 0.1) is 18.3 Å². The van der Waals surface area contributed by atoms with Gasteiger partial charge in [-0.3, -0.25) is 4.98 Å². The molecule has 4 rings (SSSR count). The zero-order valence-electron chi connectivity index (χ0n) is 13.3. The highest BCUT2D eigenvalue weighted by Crippen LogP contribution is 2.28. The topological polar surface area (TPSA) is 65.7 Å². The Labute approximate surface area is 138 Å². The molecule has 0 bridgehead atoms. The van der Waals surface area contributed by atoms with Crippen LogP contribution >= 0.6 is 0 Å². The first-order valence-electron chi connectivity index (χ1n) is 7.55. The summed E-state index contributed by atoms with van der Waals surface area (Å²) in [6.45, 7) is 2.06. The van der Waals surface area contributed by atoms with E-state index in [4.69, 9.17) is 4.74 Å². The van der Waals surface area contributed by atoms with Crippen molar-refractivity contribution < 1.29 is 4.74 Å². The number of rotatable bonds is 3. The van der Waals surface area contributed by atoms with Crippen LogP contribution in [-0.2, 0) is 0 Å². The zero-order valence-corrected chi connectivity index (χ0v) is 13.3. The predicted molar refractivity (Wildman–Crippen MR) is 91.2 cm³/mol. The van der Waals surface area contributed by atoms with Crippen molar-refractivity contribution in [1.82, 2.24) is 25.2 Å². The fourth-order valence-electron chi connectivity index (χ4n) is 2.76. The van der Waals surface area contributed by atoms with Gasteiger partial charge < -0.3 is 4.74 Å². The van der Waals surface area contributed by atoms with Crippen LogP contribution in [0, 0.1) is 6.92 Å². The van der Waals surface area contributed by atoms with Crippen LogP contribution in [0.3, 0.4) is 0 Å². The summed E-state index contributed by atoms with van der Waals surface area (Å²) >= 11 is 0. The molecular formula is C18H15N5O. The van der Waals surface area contributed by atoms with Crippen molar-refractivity contribution in [1.29, 1.82) is 0 Å². The molecule has 0 radical (unpaired) electrons. The smallest absolute Gasteiger partial charge is 0.188 e. The van der Waals surface area contributed by atoms with Gasteiger partial charge >= 0.3 is 0 Å². The van der Waals surface area contributed by atoms with Crippen molar-refractivity contribution in [3.05, 3.63) is 60.3 Å². The molecule has 2 aromatic carbocycles. The zero-order chi connectivity index (χ0) is 16.5. The van der Waals surface area contributed by atoms with Crippen molar-refractivity contribution in [3.8, 4) is 22.8 Å². The summed E-state index contributed by atoms with van der Waals surface area (Å²) in [6.07, 6.45) is 1.82. The molecule has 2 aromatic heterocycles. The van der Waals surface area contributed by atoms with Crippen LogP contribution in [-0.4, -0.2) is 32.3 Å². The van der Waals surface area contributed by atoms with Crippen LogP contribution in [0.1, 0.15) is 5.56 Å². The SMILES string of the molecule is COc1ccc(-n2nnnc2-c2cnc3ccccc3c2C)cc1. The van der Waals surface area contributed by atoms with Gasteiger partial charge in [0.1, 0.15) is 5.75 Å². The first kappa shape index (κ1) is 14.3. The minimum absolute atomic E-state index is 0.663. The number of hydrogen-bond acceptors (Lipinski definition) is 5. The van der Waals surface area contributed by atoms with Gasteiger partial charge in [-0.15, -0.1) is 5.10 Å². The Bertz CT molecular complexity index is 1010. The second kappa shape index (κ2) is 5.73. The number of methoxy groups -OCH3 is 1. The van der Waals surface area contributed by atoms with Crippen LogP contribution in [0.2, 0.25) is 0 Å². The highest BCUT2D eigenvalue weighted by atomic mass is 16.5. The number of benzene rings is 2. The van der Waals surface area contributed by atoms with Gasteiger partial charge in [0, 0.05) is 17.1 Å². The number of tetrazole rings is 1. The molecule has 0 aliphatic heterocycles. The van der Waals surface area contributed by atoms with E-state index in [0.29, 0.717) is 5.82 Å². The Kier molecular flexibility index (Phi) is 3.42. The fraction of sp³-hybridized carbons (Fsp3) is 0.111. The Morgan fingerprint density at radius 2 is 1.79 bits per heavy atom. The van der Waals surface area contributed by atoms with Gasteiger partial charge in [-0.25, -0.2) is 0 Å². The lowest BCUT2D eigenvalue weighted by molar-refractivity contribution is 0.414. The highest BCUT2D eigenvalue weighted by molar-refractivity contribution is 5.87. The summed E-state index contributed by atoms with van der Waals surface area (Å²) in [4.78, 5) is 4.53. The molecule has 0 saturated heterocycles. The third-order valence-electron chi connectivity index (χ3n) is 4.07. The van der Waals surface area contributed by atoms with E-state index in [1.165, 1.54) is 0 Å². The first-order valence-corrected chi connectivity index (χ1v) is 7.55. The van der Waals surface area contributed by atoms with E-state index in [-0.39, 0.29) is 0 Å². The molecule has 0 amide bonds. The molecule has 6 nitrogen and oxygen atoms in total. The molecular weight excluding hydrogens is 302 g/mol. The number of aromatic nitrogens is 5. The summed E-state index contributed by atoms with van der Waals surface area (Å²) in [5.74, 6) is 1.45. The number of hydrogen-bond donors (Lipinski definition) is 0. The fourth-order valence-corrected chi connectivity index (χ4v) is 2.76. The average Bonchev–Trinajstić information content (AvgIpc) is 3.12. The van der Waals surface area contributed by atoms with Gasteiger partial charge in [-0.2, -0.15) is 4.68 Å². The van der Waals surface area contributed by atoms with E-state index in [2.05, 4.69) is 33.5 Å². The molecule has 0 N–H and O–H groups in total. The largest absolute Gasteiger partial charge is 0.497 e. The normalized spacial score (nSPS) is 10.9. The molecule has 0 fully saturated rings. The quantitative estimate of drug-likeness (QED) is 0.580. The van der Waals surface area contributed by atoms with Crippen LogP contribution in [0.5, 0.6) is 5.75 Å². The molecule has 0 aliphatic rings. The molecule has 2 heterocycles. The Balaban J connectivity index is 1.86. The van der Waals surface area contributed by atoms with E-state index in [1.54, 1.807) is 11.8 Å². The molecule has 0 aliphatic carbocycles. The second-order valence-electron chi connectivity index (χ2n) is 5.43. The summed E-state index contributed by atoms with van der Waals surface area (Å²) < 4.78 is 6.90. The standard InChI is InChI=1S/C18H15N5O/c1-12-15-5-3-4-6-17(15)19-11-16(12)18-20-21-22-23(18)13-7-9-14(24-2)10-8-13/h3-11H,1-2H3. The second-order valence-corrected chi connectivity index (χ2v) is 5.43. The van der Waals surface area contributed by atoms with Crippen LogP contribution in [0.4, 0.5) is 0 Å². The number of para-hydroxylation sites is 1. The lowest BCUT2D eigenvalue weighted by Crippen LogP contribution is -2.01. The summed E-state index contributed by atoms with van der Waals surface area (Å²) in [5.41, 5.74) is 3.84. The maximum Gasteiger partial charge on any atom is 0.188 e. The minimum atomic E-state index is 0.663. The van der Waals surface area contributed by atoms with Crippen LogP contribution < -0.4 is 4.74 Å². The number of ether oxygens (including phenoxy) is 1. The van der Waals surface area contributed by atoms with E-state index in [9.17, 15) is 0 Å². The van der Waals surface area contributed by atoms with Gasteiger partial charge in [0.2, 0.25) is 0 Å². The summed E-state index contributed by atoms with van der Waals surface area (Å²) in [7, 11) is 1.64. The van der Waals surface area contributed by atoms with Crippen molar-refractivity contribution in [3.63, 3.8) is 0 Å². The van der Waals surface area contributed by atoms with E-state index >= 15 is 0 Å². The monoisotopic (exact) mass is 317 g/mol. The summed E-state index contributed by atoms with van der Waals surface area (Å²) in [5, 5.41) is 13.3. The highest BCUT2D eigenvalue weighted by Gasteiger charge is 2.15. The van der Waals surface area contributed by atoms with Crippen LogP contribution in [0.15, 0.2) is 54.7 Å². The van der Waals surface area contributed by atoms with Crippen molar-refractivity contribution in [2.45, 2.75) is 6.92 Å². The summed E-state index contributed by atoms with van der Waals surface area (Å²) in [6, 6.07) is 15.6. The van der Waals surface area contributed by atoms with Crippen molar-refractivity contribution in [2.24, 2.45) is 0 Å². The lowest BCUT2D eigenvalue weighted by Gasteiger charge is -2.09. The first-order chi connectivity index (χ1) is 11.8. The number of fused-ring (bicyclic) bond motifs is 1. The molecule has 0 spiro atoms.